The fourth-order valence-corrected chi connectivity index (χ4v) is 9.84. The number of ether oxygens (including phenoxy) is 1. The molecule has 6 rings (SSSR count). The van der Waals surface area contributed by atoms with Crippen molar-refractivity contribution >= 4 is 5.78 Å². The largest absolute Gasteiger partial charge is 0.387 e. The maximum atomic E-state index is 12.5. The lowest BCUT2D eigenvalue weighted by molar-refractivity contribution is -0.195. The van der Waals surface area contributed by atoms with Crippen LogP contribution in [0.4, 0.5) is 0 Å². The van der Waals surface area contributed by atoms with E-state index in [0.29, 0.717) is 30.1 Å². The molecule has 1 aromatic heterocycles. The van der Waals surface area contributed by atoms with E-state index in [0.717, 1.165) is 43.0 Å². The molecule has 5 heteroatoms. The summed E-state index contributed by atoms with van der Waals surface area (Å²) in [5.41, 5.74) is 0.619. The monoisotopic (exact) mass is 504 g/mol. The highest BCUT2D eigenvalue weighted by Crippen LogP contribution is 2.68. The van der Waals surface area contributed by atoms with Crippen LogP contribution >= 0.6 is 0 Å². The number of rotatable bonds is 6. The minimum Gasteiger partial charge on any atom is -0.387 e. The molecular formula is C32H44N2O3. The van der Waals surface area contributed by atoms with Crippen LogP contribution in [0.1, 0.15) is 96.1 Å². The lowest BCUT2D eigenvalue weighted by Crippen LogP contribution is -2.57. The number of hydrogen-bond donors (Lipinski definition) is 2. The predicted octanol–water partition coefficient (Wildman–Crippen LogP) is 6.65. The minimum atomic E-state index is -0.931. The second kappa shape index (κ2) is 9.34. The van der Waals surface area contributed by atoms with Crippen molar-refractivity contribution in [3.63, 3.8) is 0 Å². The quantitative estimate of drug-likeness (QED) is 0.462. The van der Waals surface area contributed by atoms with Crippen molar-refractivity contribution in [1.29, 1.82) is 0 Å². The molecule has 37 heavy (non-hydrogen) atoms. The number of carbonyl (C=O) groups excluding carboxylic acids is 1. The van der Waals surface area contributed by atoms with Crippen molar-refractivity contribution in [2.45, 2.75) is 96.9 Å². The first-order valence-electron chi connectivity index (χ1n) is 14.6. The molecule has 0 spiro atoms. The fourth-order valence-electron chi connectivity index (χ4n) is 9.84. The zero-order chi connectivity index (χ0) is 25.8. The molecule has 4 fully saturated rings. The minimum absolute atomic E-state index is 0.196. The number of ketones is 1. The molecule has 1 aromatic carbocycles. The molecule has 2 N–H and O–H groups in total. The molecule has 9 atom stereocenters. The molecule has 200 valence electrons. The van der Waals surface area contributed by atoms with Crippen LogP contribution in [-0.4, -0.2) is 26.5 Å². The Kier molecular flexibility index (Phi) is 6.39. The predicted molar refractivity (Wildman–Crippen MR) is 143 cm³/mol. The highest BCUT2D eigenvalue weighted by Gasteiger charge is 2.62. The van der Waals surface area contributed by atoms with Crippen molar-refractivity contribution in [2.75, 3.05) is 0 Å². The van der Waals surface area contributed by atoms with Gasteiger partial charge in [-0.25, -0.2) is 4.98 Å². The van der Waals surface area contributed by atoms with Gasteiger partial charge in [0, 0.05) is 18.3 Å². The molecular weight excluding hydrogens is 460 g/mol. The third-order valence-corrected chi connectivity index (χ3v) is 11.8. The van der Waals surface area contributed by atoms with E-state index in [4.69, 9.17) is 4.74 Å². The fraction of sp³-hybridized carbons (Fsp3) is 0.688. The number of imidazole rings is 1. The standard InChI is InChI=1S/C32H44N2O3/c1-21(35)25-11-12-26-24-10-9-23-19-32(36,16-15-30(23,2)27(24)13-14-31(25,26)3)28(29-33-17-18-34-29)37-20-22-7-5-4-6-8-22/h4-8,17-18,23-28,36H,9-16,19-20H2,1-3H3,(H,33,34)/t23?,24-,25+,26-,27-,28?,30-,31+,32+/m0/s1. The normalized spacial score (nSPS) is 41.9. The van der Waals surface area contributed by atoms with E-state index in [1.807, 2.05) is 31.3 Å². The van der Waals surface area contributed by atoms with Crippen LogP contribution in [0.15, 0.2) is 42.7 Å². The average molecular weight is 505 g/mol. The Balaban J connectivity index is 1.22. The van der Waals surface area contributed by atoms with Crippen molar-refractivity contribution in [3.05, 3.63) is 54.1 Å². The van der Waals surface area contributed by atoms with Gasteiger partial charge in [0.2, 0.25) is 0 Å². The third kappa shape index (κ3) is 4.12. The number of carbonyl (C=O) groups is 1. The summed E-state index contributed by atoms with van der Waals surface area (Å²) in [7, 11) is 0. The first kappa shape index (κ1) is 25.3. The Bertz CT molecular complexity index is 1100. The number of fused-ring (bicyclic) bond motifs is 5. The first-order chi connectivity index (χ1) is 17.7. The van der Waals surface area contributed by atoms with E-state index in [1.165, 1.54) is 32.1 Å². The second-order valence-electron chi connectivity index (χ2n) is 13.4. The highest BCUT2D eigenvalue weighted by molar-refractivity contribution is 5.79. The molecule has 5 nitrogen and oxygen atoms in total. The third-order valence-electron chi connectivity index (χ3n) is 11.8. The Hall–Kier alpha value is -1.98. The van der Waals surface area contributed by atoms with Crippen molar-refractivity contribution in [1.82, 2.24) is 9.97 Å². The van der Waals surface area contributed by atoms with Gasteiger partial charge in [0.15, 0.2) is 0 Å². The molecule has 0 saturated heterocycles. The van der Waals surface area contributed by atoms with Gasteiger partial charge in [-0.2, -0.15) is 0 Å². The summed E-state index contributed by atoms with van der Waals surface area (Å²) in [4.78, 5) is 20.3. The average Bonchev–Trinajstić information content (AvgIpc) is 3.53. The molecule has 4 saturated carbocycles. The van der Waals surface area contributed by atoms with Crippen molar-refractivity contribution in [2.24, 2.45) is 40.4 Å². The van der Waals surface area contributed by atoms with Crippen LogP contribution in [-0.2, 0) is 16.1 Å². The Morgan fingerprint density at radius 3 is 2.57 bits per heavy atom. The van der Waals surface area contributed by atoms with E-state index >= 15 is 0 Å². The molecule has 0 aliphatic heterocycles. The van der Waals surface area contributed by atoms with E-state index in [-0.39, 0.29) is 16.7 Å². The lowest BCUT2D eigenvalue weighted by atomic mass is 9.43. The van der Waals surface area contributed by atoms with E-state index < -0.39 is 11.7 Å². The smallest absolute Gasteiger partial charge is 0.144 e. The van der Waals surface area contributed by atoms with Gasteiger partial charge >= 0.3 is 0 Å². The summed E-state index contributed by atoms with van der Waals surface area (Å²) in [6, 6.07) is 10.2. The van der Waals surface area contributed by atoms with Gasteiger partial charge in [-0.1, -0.05) is 44.2 Å². The van der Waals surface area contributed by atoms with Gasteiger partial charge in [-0.3, -0.25) is 4.79 Å². The summed E-state index contributed by atoms with van der Waals surface area (Å²) in [6.07, 6.45) is 12.8. The Morgan fingerprint density at radius 2 is 1.84 bits per heavy atom. The number of nitrogens with zero attached hydrogens (tertiary/aromatic N) is 1. The molecule has 2 aromatic rings. The first-order valence-corrected chi connectivity index (χ1v) is 14.6. The van der Waals surface area contributed by atoms with Gasteiger partial charge in [0.25, 0.3) is 0 Å². The van der Waals surface area contributed by atoms with Crippen LogP contribution < -0.4 is 0 Å². The molecule has 1 heterocycles. The van der Waals surface area contributed by atoms with Gasteiger partial charge < -0.3 is 14.8 Å². The number of H-pyrrole nitrogens is 1. The van der Waals surface area contributed by atoms with E-state index in [9.17, 15) is 9.90 Å². The topological polar surface area (TPSA) is 75.2 Å². The lowest BCUT2D eigenvalue weighted by Gasteiger charge is -2.62. The maximum Gasteiger partial charge on any atom is 0.144 e. The SMILES string of the molecule is CC(=O)[C@H]1CC[C@H]2[C@@H]3CCC4C[C@@](O)(C(OCc5ccccc5)c5ncc[nH]5)CC[C@]4(C)[C@H]3CC[C@]12C. The molecule has 0 radical (unpaired) electrons. The number of aromatic nitrogens is 2. The van der Waals surface area contributed by atoms with Crippen LogP contribution in [0, 0.1) is 40.4 Å². The zero-order valence-electron chi connectivity index (χ0n) is 22.8. The van der Waals surface area contributed by atoms with Crippen molar-refractivity contribution < 1.29 is 14.6 Å². The molecule has 4 aliphatic carbocycles. The summed E-state index contributed by atoms with van der Waals surface area (Å²) < 4.78 is 6.46. The van der Waals surface area contributed by atoms with Crippen LogP contribution in [0.25, 0.3) is 0 Å². The number of aliphatic hydroxyl groups is 1. The summed E-state index contributed by atoms with van der Waals surface area (Å²) in [5.74, 6) is 3.99. The maximum absolute atomic E-state index is 12.5. The van der Waals surface area contributed by atoms with Gasteiger partial charge in [-0.15, -0.1) is 0 Å². The number of aromatic amines is 1. The summed E-state index contributed by atoms with van der Waals surface area (Å²) >= 11 is 0. The van der Waals surface area contributed by atoms with Crippen LogP contribution in [0.2, 0.25) is 0 Å². The van der Waals surface area contributed by atoms with Gasteiger partial charge in [-0.05, 0) is 105 Å². The number of Topliss-reactive ketones (excluding diaryl/α,β-unsaturated/α-hetero) is 1. The number of hydrogen-bond acceptors (Lipinski definition) is 4. The highest BCUT2D eigenvalue weighted by atomic mass is 16.5. The molecule has 2 unspecified atom stereocenters. The van der Waals surface area contributed by atoms with E-state index in [2.05, 4.69) is 35.9 Å². The zero-order valence-corrected chi connectivity index (χ0v) is 22.8. The number of nitrogens with one attached hydrogen (secondary N) is 1. The summed E-state index contributed by atoms with van der Waals surface area (Å²) in [6.45, 7) is 7.23. The van der Waals surface area contributed by atoms with Gasteiger partial charge in [0.1, 0.15) is 17.7 Å². The van der Waals surface area contributed by atoms with Crippen LogP contribution in [0.3, 0.4) is 0 Å². The van der Waals surface area contributed by atoms with Crippen molar-refractivity contribution in [3.8, 4) is 0 Å². The summed E-state index contributed by atoms with van der Waals surface area (Å²) in [5, 5.41) is 12.2. The molecule has 4 aliphatic rings. The molecule has 0 bridgehead atoms. The second-order valence-corrected chi connectivity index (χ2v) is 13.4. The van der Waals surface area contributed by atoms with Crippen LogP contribution in [0.5, 0.6) is 0 Å². The molecule has 0 amide bonds. The Morgan fingerprint density at radius 1 is 1.05 bits per heavy atom. The Labute approximate surface area is 221 Å². The van der Waals surface area contributed by atoms with E-state index in [1.54, 1.807) is 6.20 Å². The van der Waals surface area contributed by atoms with Gasteiger partial charge in [0.05, 0.1) is 12.2 Å². The number of benzene rings is 1.